The van der Waals surface area contributed by atoms with Gasteiger partial charge in [0.05, 0.1) is 6.61 Å². The van der Waals surface area contributed by atoms with Gasteiger partial charge in [-0.15, -0.1) is 0 Å². The number of carbonyl (C=O) groups is 1. The van der Waals surface area contributed by atoms with Crippen LogP contribution in [0, 0.1) is 6.92 Å². The first-order valence-corrected chi connectivity index (χ1v) is 7.03. The Kier molecular flexibility index (Phi) is 5.43. The summed E-state index contributed by atoms with van der Waals surface area (Å²) < 4.78 is 4.97. The van der Waals surface area contributed by atoms with Crippen LogP contribution in [-0.2, 0) is 4.74 Å². The van der Waals surface area contributed by atoms with Crippen molar-refractivity contribution in [1.29, 1.82) is 0 Å². The van der Waals surface area contributed by atoms with E-state index in [0.717, 1.165) is 11.4 Å². The molecule has 0 spiro atoms. The zero-order valence-electron chi connectivity index (χ0n) is 13.0. The number of nitrogens with zero attached hydrogens (tertiary/aromatic N) is 3. The largest absolute Gasteiger partial charge is 0.383 e. The number of methoxy groups -OCH3 is 1. The quantitative estimate of drug-likeness (QED) is 0.828. The summed E-state index contributed by atoms with van der Waals surface area (Å²) in [4.78, 5) is 22.7. The van der Waals surface area contributed by atoms with Crippen molar-refractivity contribution in [3.63, 3.8) is 0 Å². The number of rotatable bonds is 6. The van der Waals surface area contributed by atoms with Crippen LogP contribution in [0.2, 0.25) is 0 Å². The molecule has 0 aliphatic heterocycles. The van der Waals surface area contributed by atoms with Crippen LogP contribution >= 0.6 is 0 Å². The van der Waals surface area contributed by atoms with E-state index in [1.807, 2.05) is 37.3 Å². The molecule has 2 aromatic rings. The highest BCUT2D eigenvalue weighted by molar-refractivity contribution is 6.04. The average molecular weight is 300 g/mol. The number of benzene rings is 1. The lowest BCUT2D eigenvalue weighted by molar-refractivity contribution is 0.0988. The molecule has 22 heavy (non-hydrogen) atoms. The number of aromatic nitrogens is 2. The fourth-order valence-corrected chi connectivity index (χ4v) is 1.96. The van der Waals surface area contributed by atoms with Gasteiger partial charge in [0, 0.05) is 32.1 Å². The number of ether oxygens (including phenoxy) is 1. The van der Waals surface area contributed by atoms with E-state index >= 15 is 0 Å². The van der Waals surface area contributed by atoms with Crippen LogP contribution in [0.5, 0.6) is 0 Å². The number of carbonyl (C=O) groups excluding carboxylic acids is 1. The van der Waals surface area contributed by atoms with Crippen LogP contribution in [-0.4, -0.2) is 43.2 Å². The zero-order chi connectivity index (χ0) is 15.9. The van der Waals surface area contributed by atoms with Crippen LogP contribution in [0.4, 0.5) is 11.6 Å². The first kappa shape index (κ1) is 15.9. The van der Waals surface area contributed by atoms with Gasteiger partial charge in [-0.3, -0.25) is 4.79 Å². The van der Waals surface area contributed by atoms with E-state index in [9.17, 15) is 4.79 Å². The Morgan fingerprint density at radius 1 is 1.27 bits per heavy atom. The van der Waals surface area contributed by atoms with Crippen molar-refractivity contribution in [2.45, 2.75) is 6.92 Å². The lowest BCUT2D eigenvalue weighted by Crippen LogP contribution is -2.27. The molecule has 0 saturated heterocycles. The smallest absolute Gasteiger partial charge is 0.276 e. The van der Waals surface area contributed by atoms with Gasteiger partial charge in [0.15, 0.2) is 0 Å². The molecule has 1 aromatic heterocycles. The summed E-state index contributed by atoms with van der Waals surface area (Å²) in [6, 6.07) is 11.1. The number of para-hydroxylation sites is 1. The molecule has 2 rings (SSSR count). The fourth-order valence-electron chi connectivity index (χ4n) is 1.96. The minimum atomic E-state index is -0.175. The predicted molar refractivity (Wildman–Crippen MR) is 86.3 cm³/mol. The third-order valence-electron chi connectivity index (χ3n) is 3.11. The van der Waals surface area contributed by atoms with E-state index in [0.29, 0.717) is 24.8 Å². The van der Waals surface area contributed by atoms with E-state index in [1.54, 1.807) is 25.1 Å². The van der Waals surface area contributed by atoms with E-state index in [4.69, 9.17) is 4.74 Å². The molecule has 0 atom stereocenters. The van der Waals surface area contributed by atoms with Gasteiger partial charge in [-0.2, -0.15) is 0 Å². The molecule has 0 saturated carbocycles. The molecule has 0 fully saturated rings. The lowest BCUT2D eigenvalue weighted by atomic mass is 10.2. The minimum absolute atomic E-state index is 0.175. The summed E-state index contributed by atoms with van der Waals surface area (Å²) in [5, 5.41) is 3.04. The van der Waals surface area contributed by atoms with Crippen molar-refractivity contribution in [3.8, 4) is 0 Å². The molecule has 0 aliphatic rings. The average Bonchev–Trinajstić information content (AvgIpc) is 2.54. The van der Waals surface area contributed by atoms with Gasteiger partial charge in [-0.1, -0.05) is 18.2 Å². The second-order valence-electron chi connectivity index (χ2n) is 4.84. The molecule has 1 aromatic carbocycles. The molecule has 116 valence electrons. The summed E-state index contributed by atoms with van der Waals surface area (Å²) in [6.45, 7) is 2.97. The van der Waals surface area contributed by atoms with Gasteiger partial charge >= 0.3 is 0 Å². The van der Waals surface area contributed by atoms with Gasteiger partial charge < -0.3 is 15.0 Å². The van der Waals surface area contributed by atoms with Crippen LogP contribution in [0.15, 0.2) is 36.4 Å². The van der Waals surface area contributed by atoms with Gasteiger partial charge in [-0.25, -0.2) is 9.97 Å². The topological polar surface area (TPSA) is 67.3 Å². The SMILES string of the molecule is COCCNc1nc(C)cc(C(=O)N(C)c2ccccc2)n1. The molecule has 0 bridgehead atoms. The molecule has 6 heteroatoms. The Labute approximate surface area is 130 Å². The van der Waals surface area contributed by atoms with E-state index in [-0.39, 0.29) is 5.91 Å². The van der Waals surface area contributed by atoms with Crippen molar-refractivity contribution < 1.29 is 9.53 Å². The summed E-state index contributed by atoms with van der Waals surface area (Å²) >= 11 is 0. The molecule has 1 heterocycles. The summed E-state index contributed by atoms with van der Waals surface area (Å²) in [5.41, 5.74) is 1.91. The van der Waals surface area contributed by atoms with Crippen molar-refractivity contribution in [1.82, 2.24) is 9.97 Å². The molecule has 1 amide bonds. The number of aryl methyl sites for hydroxylation is 1. The number of anilines is 2. The van der Waals surface area contributed by atoms with Crippen molar-refractivity contribution in [2.24, 2.45) is 0 Å². The van der Waals surface area contributed by atoms with Crippen LogP contribution < -0.4 is 10.2 Å². The monoisotopic (exact) mass is 300 g/mol. The highest BCUT2D eigenvalue weighted by Gasteiger charge is 2.16. The molecule has 1 N–H and O–H groups in total. The van der Waals surface area contributed by atoms with E-state index in [2.05, 4.69) is 15.3 Å². The molecule has 0 radical (unpaired) electrons. The predicted octanol–water partition coefficient (Wildman–Crippen LogP) is 2.12. The van der Waals surface area contributed by atoms with E-state index in [1.165, 1.54) is 0 Å². The lowest BCUT2D eigenvalue weighted by Gasteiger charge is -2.17. The zero-order valence-corrected chi connectivity index (χ0v) is 13.0. The fraction of sp³-hybridized carbons (Fsp3) is 0.312. The molecule has 6 nitrogen and oxygen atoms in total. The third-order valence-corrected chi connectivity index (χ3v) is 3.11. The normalized spacial score (nSPS) is 10.3. The Balaban J connectivity index is 2.18. The molecular formula is C16H20N4O2. The van der Waals surface area contributed by atoms with Crippen molar-refractivity contribution >= 4 is 17.5 Å². The number of amides is 1. The minimum Gasteiger partial charge on any atom is -0.383 e. The number of nitrogens with one attached hydrogen (secondary N) is 1. The summed E-state index contributed by atoms with van der Waals surface area (Å²) in [7, 11) is 3.36. The van der Waals surface area contributed by atoms with Crippen molar-refractivity contribution in [2.75, 3.05) is 37.5 Å². The van der Waals surface area contributed by atoms with E-state index < -0.39 is 0 Å². The first-order chi connectivity index (χ1) is 10.6. The molecule has 0 aliphatic carbocycles. The Morgan fingerprint density at radius 2 is 2.00 bits per heavy atom. The first-order valence-electron chi connectivity index (χ1n) is 7.03. The standard InChI is InChI=1S/C16H20N4O2/c1-12-11-14(19-16(18-12)17-9-10-22-3)15(21)20(2)13-7-5-4-6-8-13/h4-8,11H,9-10H2,1-3H3,(H,17,18,19). The van der Waals surface area contributed by atoms with Crippen LogP contribution in [0.1, 0.15) is 16.2 Å². The van der Waals surface area contributed by atoms with Gasteiger partial charge in [0.1, 0.15) is 5.69 Å². The van der Waals surface area contributed by atoms with Gasteiger partial charge in [0.2, 0.25) is 5.95 Å². The number of hydrogen-bond donors (Lipinski definition) is 1. The maximum atomic E-state index is 12.6. The number of hydrogen-bond acceptors (Lipinski definition) is 5. The Bertz CT molecular complexity index is 631. The molecule has 0 unspecified atom stereocenters. The highest BCUT2D eigenvalue weighted by Crippen LogP contribution is 2.15. The maximum absolute atomic E-state index is 12.6. The maximum Gasteiger partial charge on any atom is 0.276 e. The van der Waals surface area contributed by atoms with Gasteiger partial charge in [-0.05, 0) is 25.1 Å². The molecular weight excluding hydrogens is 280 g/mol. The second-order valence-corrected chi connectivity index (χ2v) is 4.84. The Hall–Kier alpha value is -2.47. The Morgan fingerprint density at radius 3 is 2.68 bits per heavy atom. The van der Waals surface area contributed by atoms with Crippen molar-refractivity contribution in [3.05, 3.63) is 47.8 Å². The summed E-state index contributed by atoms with van der Waals surface area (Å²) in [6.07, 6.45) is 0. The summed E-state index contributed by atoms with van der Waals surface area (Å²) in [5.74, 6) is 0.258. The highest BCUT2D eigenvalue weighted by atomic mass is 16.5. The van der Waals surface area contributed by atoms with Crippen LogP contribution in [0.3, 0.4) is 0 Å². The van der Waals surface area contributed by atoms with Gasteiger partial charge in [0.25, 0.3) is 5.91 Å². The third kappa shape index (κ3) is 4.02. The second kappa shape index (κ2) is 7.51. The van der Waals surface area contributed by atoms with Crippen LogP contribution in [0.25, 0.3) is 0 Å².